The summed E-state index contributed by atoms with van der Waals surface area (Å²) in [4.78, 5) is 0. The molecule has 1 aromatic carbocycles. The SMILES string of the molecule is CCCCCCC(=C=CCc1ccccc1)CC. The highest BCUT2D eigenvalue weighted by molar-refractivity contribution is 5.18. The minimum absolute atomic E-state index is 0.999. The maximum atomic E-state index is 3.49. The van der Waals surface area contributed by atoms with E-state index < -0.39 is 0 Å². The highest BCUT2D eigenvalue weighted by atomic mass is 14.0. The molecule has 0 fully saturated rings. The molecule has 0 heteroatoms. The normalized spacial score (nSPS) is 9.89. The number of benzene rings is 1. The van der Waals surface area contributed by atoms with Crippen molar-refractivity contribution in [2.24, 2.45) is 0 Å². The third kappa shape index (κ3) is 6.47. The van der Waals surface area contributed by atoms with Gasteiger partial charge in [0.15, 0.2) is 0 Å². The molecule has 0 bridgehead atoms. The van der Waals surface area contributed by atoms with Crippen LogP contribution in [0.25, 0.3) is 0 Å². The molecule has 1 rings (SSSR count). The van der Waals surface area contributed by atoms with Crippen molar-refractivity contribution >= 4 is 0 Å². The van der Waals surface area contributed by atoms with E-state index in [-0.39, 0.29) is 0 Å². The van der Waals surface area contributed by atoms with Gasteiger partial charge >= 0.3 is 0 Å². The number of unbranched alkanes of at least 4 members (excludes halogenated alkanes) is 3. The van der Waals surface area contributed by atoms with E-state index in [1.807, 2.05) is 0 Å². The zero-order valence-electron chi connectivity index (χ0n) is 11.9. The van der Waals surface area contributed by atoms with Gasteiger partial charge in [0.2, 0.25) is 0 Å². The third-order valence-corrected chi connectivity index (χ3v) is 3.25. The molecule has 0 atom stereocenters. The summed E-state index contributed by atoms with van der Waals surface area (Å²) < 4.78 is 0. The van der Waals surface area contributed by atoms with E-state index in [1.165, 1.54) is 43.2 Å². The average molecular weight is 242 g/mol. The molecule has 0 saturated carbocycles. The Hall–Kier alpha value is -1.26. The first-order chi connectivity index (χ1) is 8.86. The van der Waals surface area contributed by atoms with E-state index >= 15 is 0 Å². The van der Waals surface area contributed by atoms with Gasteiger partial charge in [0.05, 0.1) is 0 Å². The lowest BCUT2D eigenvalue weighted by molar-refractivity contribution is 0.658. The molecule has 0 aliphatic rings. The van der Waals surface area contributed by atoms with Gasteiger partial charge in [0.1, 0.15) is 0 Å². The van der Waals surface area contributed by atoms with Gasteiger partial charge in [-0.2, -0.15) is 0 Å². The second-order valence-electron chi connectivity index (χ2n) is 4.81. The lowest BCUT2D eigenvalue weighted by atomic mass is 10.0. The van der Waals surface area contributed by atoms with Crippen LogP contribution in [-0.2, 0) is 6.42 Å². The van der Waals surface area contributed by atoms with Crippen molar-refractivity contribution in [3.63, 3.8) is 0 Å². The van der Waals surface area contributed by atoms with Crippen LogP contribution in [0.15, 0.2) is 47.7 Å². The summed E-state index contributed by atoms with van der Waals surface area (Å²) in [5.74, 6) is 0. The molecular weight excluding hydrogens is 216 g/mol. The Kier molecular flexibility index (Phi) is 8.01. The molecule has 0 saturated heterocycles. The van der Waals surface area contributed by atoms with E-state index in [0.29, 0.717) is 0 Å². The van der Waals surface area contributed by atoms with Crippen LogP contribution in [0.2, 0.25) is 0 Å². The largest absolute Gasteiger partial charge is 0.126 e. The molecule has 0 N–H and O–H groups in total. The fourth-order valence-corrected chi connectivity index (χ4v) is 2.04. The van der Waals surface area contributed by atoms with Crippen molar-refractivity contribution < 1.29 is 0 Å². The Bertz CT molecular complexity index is 366. The lowest BCUT2D eigenvalue weighted by Crippen LogP contribution is -1.82. The van der Waals surface area contributed by atoms with Gasteiger partial charge < -0.3 is 0 Å². The Morgan fingerprint density at radius 3 is 2.50 bits per heavy atom. The summed E-state index contributed by atoms with van der Waals surface area (Å²) in [6, 6.07) is 10.6. The van der Waals surface area contributed by atoms with Gasteiger partial charge in [0.25, 0.3) is 0 Å². The number of hydrogen-bond acceptors (Lipinski definition) is 0. The van der Waals surface area contributed by atoms with Gasteiger partial charge in [-0.05, 0) is 42.9 Å². The molecule has 0 heterocycles. The molecule has 0 radical (unpaired) electrons. The Morgan fingerprint density at radius 2 is 1.83 bits per heavy atom. The molecular formula is C18H26. The van der Waals surface area contributed by atoms with Gasteiger partial charge in [-0.25, -0.2) is 0 Å². The summed E-state index contributed by atoms with van der Waals surface area (Å²) in [7, 11) is 0. The summed E-state index contributed by atoms with van der Waals surface area (Å²) in [6.07, 6.45) is 10.9. The number of hydrogen-bond donors (Lipinski definition) is 0. The zero-order chi connectivity index (χ0) is 13.1. The van der Waals surface area contributed by atoms with Gasteiger partial charge in [-0.1, -0.05) is 63.4 Å². The number of rotatable bonds is 8. The van der Waals surface area contributed by atoms with E-state index in [4.69, 9.17) is 0 Å². The minimum atomic E-state index is 0.999. The lowest BCUT2D eigenvalue weighted by Gasteiger charge is -2.01. The second kappa shape index (κ2) is 9.74. The topological polar surface area (TPSA) is 0 Å². The van der Waals surface area contributed by atoms with Gasteiger partial charge in [-0.15, -0.1) is 5.73 Å². The smallest absolute Gasteiger partial charge is 0.00213 e. The number of allylic oxidation sites excluding steroid dienone is 1. The fourth-order valence-electron chi connectivity index (χ4n) is 2.04. The molecule has 0 aliphatic heterocycles. The highest BCUT2D eigenvalue weighted by Crippen LogP contribution is 2.12. The maximum absolute atomic E-state index is 3.49. The molecule has 0 unspecified atom stereocenters. The third-order valence-electron chi connectivity index (χ3n) is 3.25. The van der Waals surface area contributed by atoms with Crippen molar-refractivity contribution in [3.8, 4) is 0 Å². The van der Waals surface area contributed by atoms with Crippen LogP contribution in [0.4, 0.5) is 0 Å². The standard InChI is InChI=1S/C18H26/c1-3-5-6-8-12-17(4-2)15-11-16-18-13-9-7-10-14-18/h7,9-11,13-14H,3-6,8,12,16H2,1-2H3. The van der Waals surface area contributed by atoms with E-state index in [2.05, 4.69) is 56.0 Å². The first-order valence-corrected chi connectivity index (χ1v) is 7.33. The molecule has 0 aliphatic carbocycles. The van der Waals surface area contributed by atoms with E-state index in [0.717, 1.165) is 12.8 Å². The van der Waals surface area contributed by atoms with Crippen LogP contribution >= 0.6 is 0 Å². The summed E-state index contributed by atoms with van der Waals surface area (Å²) >= 11 is 0. The van der Waals surface area contributed by atoms with Gasteiger partial charge in [-0.3, -0.25) is 0 Å². The Labute approximate surface area is 112 Å². The van der Waals surface area contributed by atoms with Crippen molar-refractivity contribution in [2.45, 2.75) is 58.8 Å². The molecule has 0 spiro atoms. The van der Waals surface area contributed by atoms with Crippen LogP contribution in [-0.4, -0.2) is 0 Å². The summed E-state index contributed by atoms with van der Waals surface area (Å²) in [6.45, 7) is 4.49. The first-order valence-electron chi connectivity index (χ1n) is 7.33. The Balaban J connectivity index is 2.40. The molecule has 0 nitrogen and oxygen atoms in total. The minimum Gasteiger partial charge on any atom is -0.126 e. The predicted molar refractivity (Wildman–Crippen MR) is 80.8 cm³/mol. The predicted octanol–water partition coefficient (Wildman–Crippen LogP) is 5.69. The van der Waals surface area contributed by atoms with Crippen LogP contribution in [0, 0.1) is 0 Å². The maximum Gasteiger partial charge on any atom is -0.00213 e. The van der Waals surface area contributed by atoms with Crippen LogP contribution in [0.1, 0.15) is 57.9 Å². The van der Waals surface area contributed by atoms with Gasteiger partial charge in [0, 0.05) is 0 Å². The highest BCUT2D eigenvalue weighted by Gasteiger charge is 1.93. The second-order valence-corrected chi connectivity index (χ2v) is 4.81. The molecule has 98 valence electrons. The summed E-state index contributed by atoms with van der Waals surface area (Å²) in [5, 5.41) is 0. The van der Waals surface area contributed by atoms with Crippen LogP contribution < -0.4 is 0 Å². The zero-order valence-corrected chi connectivity index (χ0v) is 11.9. The monoisotopic (exact) mass is 242 g/mol. The van der Waals surface area contributed by atoms with Crippen LogP contribution in [0.3, 0.4) is 0 Å². The molecule has 0 aromatic heterocycles. The molecule has 1 aromatic rings. The quantitative estimate of drug-likeness (QED) is 0.406. The van der Waals surface area contributed by atoms with E-state index in [1.54, 1.807) is 0 Å². The molecule has 18 heavy (non-hydrogen) atoms. The van der Waals surface area contributed by atoms with Crippen LogP contribution in [0.5, 0.6) is 0 Å². The Morgan fingerprint density at radius 1 is 1.06 bits per heavy atom. The first kappa shape index (κ1) is 14.8. The van der Waals surface area contributed by atoms with Crippen molar-refractivity contribution in [3.05, 3.63) is 53.3 Å². The molecule has 0 amide bonds. The summed E-state index contributed by atoms with van der Waals surface area (Å²) in [5.41, 5.74) is 6.33. The van der Waals surface area contributed by atoms with E-state index in [9.17, 15) is 0 Å². The average Bonchev–Trinajstić information content (AvgIpc) is 2.42. The fraction of sp³-hybridized carbons (Fsp3) is 0.500. The van der Waals surface area contributed by atoms with Crippen molar-refractivity contribution in [1.29, 1.82) is 0 Å². The van der Waals surface area contributed by atoms with Crippen molar-refractivity contribution in [1.82, 2.24) is 0 Å². The van der Waals surface area contributed by atoms with Crippen molar-refractivity contribution in [2.75, 3.05) is 0 Å².